The molecule has 0 saturated carbocycles. The maximum absolute atomic E-state index is 2.44. The predicted molar refractivity (Wildman–Crippen MR) is 282 cm³/mol. The predicted octanol–water partition coefficient (Wildman–Crippen LogP) is 17.9. The molecular formula is C64H42N2. The number of benzene rings is 12. The Bertz CT molecular complexity index is 3970. The second-order valence-corrected chi connectivity index (χ2v) is 17.3. The lowest BCUT2D eigenvalue weighted by Gasteiger charge is -2.27. The molecule has 0 radical (unpaired) electrons. The van der Waals surface area contributed by atoms with Gasteiger partial charge >= 0.3 is 0 Å². The van der Waals surface area contributed by atoms with Gasteiger partial charge in [0.2, 0.25) is 0 Å². The van der Waals surface area contributed by atoms with Crippen molar-refractivity contribution in [2.45, 2.75) is 0 Å². The molecule has 0 saturated heterocycles. The van der Waals surface area contributed by atoms with Crippen LogP contribution in [0.1, 0.15) is 0 Å². The van der Waals surface area contributed by atoms with Gasteiger partial charge in [-0.15, -0.1) is 0 Å². The third kappa shape index (κ3) is 6.18. The van der Waals surface area contributed by atoms with Crippen LogP contribution < -0.4 is 4.90 Å². The van der Waals surface area contributed by atoms with Gasteiger partial charge in [0.15, 0.2) is 0 Å². The molecule has 2 nitrogen and oxygen atoms in total. The SMILES string of the molecule is c1ccc(-c2c(-c3ccccc3)c3cc(N(c4ccc(-c5cccc6ccccc56)cc4)c4ccc5c(c4)c4ccccc4n5-c4ccc5ccccc5c4)ccc3c3ccccc23)cc1. The number of aromatic nitrogens is 1. The van der Waals surface area contributed by atoms with Crippen LogP contribution in [0, 0.1) is 0 Å². The molecule has 1 aromatic heterocycles. The fraction of sp³-hybridized carbons (Fsp3) is 0. The van der Waals surface area contributed by atoms with Gasteiger partial charge in [0.25, 0.3) is 0 Å². The van der Waals surface area contributed by atoms with E-state index in [0.29, 0.717) is 0 Å². The van der Waals surface area contributed by atoms with Gasteiger partial charge in [0.05, 0.1) is 11.0 Å². The average Bonchev–Trinajstić information content (AvgIpc) is 3.72. The van der Waals surface area contributed by atoms with E-state index < -0.39 is 0 Å². The van der Waals surface area contributed by atoms with Crippen LogP contribution in [-0.4, -0.2) is 4.57 Å². The molecule has 13 aromatic rings. The van der Waals surface area contributed by atoms with Crippen LogP contribution >= 0.6 is 0 Å². The molecule has 0 unspecified atom stereocenters. The second-order valence-electron chi connectivity index (χ2n) is 17.3. The Kier molecular flexibility index (Phi) is 8.89. The van der Waals surface area contributed by atoms with Crippen LogP contribution in [0.2, 0.25) is 0 Å². The van der Waals surface area contributed by atoms with Gasteiger partial charge in [-0.2, -0.15) is 0 Å². The Labute approximate surface area is 383 Å². The van der Waals surface area contributed by atoms with Crippen LogP contribution in [-0.2, 0) is 0 Å². The molecule has 0 bridgehead atoms. The zero-order valence-electron chi connectivity index (χ0n) is 36.1. The Balaban J connectivity index is 1.06. The highest BCUT2D eigenvalue weighted by molar-refractivity contribution is 6.22. The summed E-state index contributed by atoms with van der Waals surface area (Å²) in [7, 11) is 0. The zero-order valence-corrected chi connectivity index (χ0v) is 36.1. The lowest BCUT2D eigenvalue weighted by Crippen LogP contribution is -2.10. The first-order valence-electron chi connectivity index (χ1n) is 22.8. The van der Waals surface area contributed by atoms with Crippen molar-refractivity contribution in [1.82, 2.24) is 4.57 Å². The third-order valence-electron chi connectivity index (χ3n) is 13.5. The maximum atomic E-state index is 2.44. The summed E-state index contributed by atoms with van der Waals surface area (Å²) in [6.07, 6.45) is 0. The first kappa shape index (κ1) is 37.8. The van der Waals surface area contributed by atoms with Crippen molar-refractivity contribution in [2.24, 2.45) is 0 Å². The normalized spacial score (nSPS) is 11.6. The average molecular weight is 839 g/mol. The largest absolute Gasteiger partial charge is 0.310 e. The first-order chi connectivity index (χ1) is 32.7. The highest BCUT2D eigenvalue weighted by Gasteiger charge is 2.22. The second kappa shape index (κ2) is 15.5. The van der Waals surface area contributed by atoms with Gasteiger partial charge in [-0.05, 0) is 137 Å². The van der Waals surface area contributed by atoms with Gasteiger partial charge in [0.1, 0.15) is 0 Å². The molecule has 308 valence electrons. The van der Waals surface area contributed by atoms with Gasteiger partial charge < -0.3 is 9.47 Å². The van der Waals surface area contributed by atoms with E-state index in [4.69, 9.17) is 0 Å². The summed E-state index contributed by atoms with van der Waals surface area (Å²) in [5, 5.41) is 12.3. The van der Waals surface area contributed by atoms with Crippen molar-refractivity contribution < 1.29 is 0 Å². The Hall–Kier alpha value is -8.72. The third-order valence-corrected chi connectivity index (χ3v) is 13.5. The summed E-state index contributed by atoms with van der Waals surface area (Å²) in [6.45, 7) is 0. The van der Waals surface area contributed by atoms with Crippen molar-refractivity contribution in [3.63, 3.8) is 0 Å². The summed E-state index contributed by atoms with van der Waals surface area (Å²) in [6, 6.07) is 93.4. The smallest absolute Gasteiger partial charge is 0.0542 e. The molecule has 0 amide bonds. The lowest BCUT2D eigenvalue weighted by atomic mass is 9.85. The topological polar surface area (TPSA) is 8.17 Å². The standard InChI is InChI=1S/C64H42N2/c1-3-18-46(19-4-1)63-58-27-12-11-25-55(58)56-38-36-51(42-60(56)64(63)47-20-5-2-6-21-47)65(49-33-31-45(32-34-49)54-28-15-23-44-17-9-10-24-53(44)54)52-37-39-62-59(41-52)57-26-13-14-29-61(57)66(62)50-35-30-43-16-7-8-22-48(43)40-50/h1-42H. The fourth-order valence-electron chi connectivity index (χ4n) is 10.5. The van der Waals surface area contributed by atoms with E-state index in [1.165, 1.54) is 98.3 Å². The van der Waals surface area contributed by atoms with Crippen molar-refractivity contribution in [3.8, 4) is 39.1 Å². The quantitative estimate of drug-likeness (QED) is 0.145. The Morgan fingerprint density at radius 3 is 1.55 bits per heavy atom. The van der Waals surface area contributed by atoms with Gasteiger partial charge in [0, 0.05) is 33.5 Å². The minimum atomic E-state index is 1.08. The van der Waals surface area contributed by atoms with Crippen LogP contribution in [0.3, 0.4) is 0 Å². The minimum Gasteiger partial charge on any atom is -0.310 e. The van der Waals surface area contributed by atoms with Crippen LogP contribution in [0.4, 0.5) is 17.1 Å². The molecule has 13 rings (SSSR count). The summed E-state index contributed by atoms with van der Waals surface area (Å²) >= 11 is 0. The van der Waals surface area contributed by atoms with Crippen molar-refractivity contribution in [1.29, 1.82) is 0 Å². The van der Waals surface area contributed by atoms with Crippen LogP contribution in [0.5, 0.6) is 0 Å². The lowest BCUT2D eigenvalue weighted by molar-refractivity contribution is 1.18. The summed E-state index contributed by atoms with van der Waals surface area (Å²) in [4.78, 5) is 2.44. The molecule has 0 spiro atoms. The van der Waals surface area contributed by atoms with Crippen molar-refractivity contribution in [2.75, 3.05) is 4.90 Å². The molecule has 0 fully saturated rings. The number of rotatable bonds is 7. The highest BCUT2D eigenvalue weighted by Crippen LogP contribution is 2.48. The van der Waals surface area contributed by atoms with E-state index in [1.54, 1.807) is 0 Å². The number of anilines is 3. The molecule has 0 aliphatic rings. The van der Waals surface area contributed by atoms with E-state index in [-0.39, 0.29) is 0 Å². The number of para-hydroxylation sites is 1. The molecule has 66 heavy (non-hydrogen) atoms. The van der Waals surface area contributed by atoms with Crippen molar-refractivity contribution in [3.05, 3.63) is 255 Å². The summed E-state index contributed by atoms with van der Waals surface area (Å²) < 4.78 is 2.42. The van der Waals surface area contributed by atoms with E-state index in [9.17, 15) is 0 Å². The monoisotopic (exact) mass is 838 g/mol. The number of nitrogens with zero attached hydrogens (tertiary/aromatic N) is 2. The van der Waals surface area contributed by atoms with E-state index >= 15 is 0 Å². The zero-order chi connectivity index (χ0) is 43.6. The van der Waals surface area contributed by atoms with Gasteiger partial charge in [-0.1, -0.05) is 194 Å². The fourth-order valence-corrected chi connectivity index (χ4v) is 10.5. The highest BCUT2D eigenvalue weighted by atomic mass is 15.1. The Morgan fingerprint density at radius 1 is 0.258 bits per heavy atom. The van der Waals surface area contributed by atoms with Crippen molar-refractivity contribution >= 4 is 82.0 Å². The molecule has 12 aromatic carbocycles. The molecule has 0 aliphatic heterocycles. The number of hydrogen-bond acceptors (Lipinski definition) is 1. The molecular weight excluding hydrogens is 797 g/mol. The maximum Gasteiger partial charge on any atom is 0.0542 e. The summed E-state index contributed by atoms with van der Waals surface area (Å²) in [5.41, 5.74) is 14.1. The first-order valence-corrected chi connectivity index (χ1v) is 22.8. The molecule has 0 aliphatic carbocycles. The molecule has 0 N–H and O–H groups in total. The van der Waals surface area contributed by atoms with E-state index in [2.05, 4.69) is 264 Å². The Morgan fingerprint density at radius 2 is 0.788 bits per heavy atom. The van der Waals surface area contributed by atoms with E-state index in [1.807, 2.05) is 0 Å². The van der Waals surface area contributed by atoms with Crippen LogP contribution in [0.25, 0.3) is 104 Å². The number of hydrogen-bond donors (Lipinski definition) is 0. The van der Waals surface area contributed by atoms with Gasteiger partial charge in [-0.3, -0.25) is 0 Å². The summed E-state index contributed by atoms with van der Waals surface area (Å²) in [5.74, 6) is 0. The molecule has 2 heteroatoms. The minimum absolute atomic E-state index is 1.08. The molecule has 0 atom stereocenters. The van der Waals surface area contributed by atoms with Crippen LogP contribution in [0.15, 0.2) is 255 Å². The molecule has 1 heterocycles. The van der Waals surface area contributed by atoms with Gasteiger partial charge in [-0.25, -0.2) is 0 Å². The van der Waals surface area contributed by atoms with E-state index in [0.717, 1.165) is 22.7 Å². The number of fused-ring (bicyclic) bond motifs is 8.